The molecule has 0 radical (unpaired) electrons. The molecule has 0 unspecified atom stereocenters. The number of hydrogen-bond acceptors (Lipinski definition) is 5. The molecule has 0 aromatic heterocycles. The molecule has 5 N–H and O–H groups in total. The van der Waals surface area contributed by atoms with E-state index >= 15 is 0 Å². The van der Waals surface area contributed by atoms with Crippen LogP contribution in [0.5, 0.6) is 5.75 Å². The summed E-state index contributed by atoms with van der Waals surface area (Å²) in [5.41, 5.74) is 10.1. The lowest BCUT2D eigenvalue weighted by Gasteiger charge is -2.29. The van der Waals surface area contributed by atoms with Gasteiger partial charge in [-0.25, -0.2) is 4.79 Å². The summed E-state index contributed by atoms with van der Waals surface area (Å²) >= 11 is 0. The Morgan fingerprint density at radius 3 is 2.63 bits per heavy atom. The zero-order chi connectivity index (χ0) is 20.0. The van der Waals surface area contributed by atoms with Crippen LogP contribution in [0.4, 0.5) is 10.5 Å². The summed E-state index contributed by atoms with van der Waals surface area (Å²) in [6.07, 6.45) is 0.616. The van der Waals surface area contributed by atoms with Gasteiger partial charge in [-0.3, -0.25) is 30.1 Å². The molecule has 10 nitrogen and oxygen atoms in total. The number of nitrogens with zero attached hydrogens (tertiary/aromatic N) is 1. The van der Waals surface area contributed by atoms with E-state index < -0.39 is 23.9 Å². The molecule has 27 heavy (non-hydrogen) atoms. The van der Waals surface area contributed by atoms with Gasteiger partial charge in [-0.1, -0.05) is 32.4 Å². The minimum Gasteiger partial charge on any atom is -0.482 e. The van der Waals surface area contributed by atoms with Crippen LogP contribution >= 0.6 is 0 Å². The number of carbonyl (C=O) groups excluding carboxylic acids is 4. The predicted octanol–water partition coefficient (Wildman–Crippen LogP) is -0.358. The van der Waals surface area contributed by atoms with Gasteiger partial charge in [0.25, 0.3) is 17.7 Å². The van der Waals surface area contributed by atoms with Crippen LogP contribution in [-0.4, -0.2) is 42.9 Å². The third-order valence-electron chi connectivity index (χ3n) is 4.23. The van der Waals surface area contributed by atoms with Gasteiger partial charge in [0.05, 0.1) is 5.69 Å². The van der Waals surface area contributed by atoms with E-state index in [0.717, 1.165) is 0 Å². The number of hydrogen-bond donors (Lipinski definition) is 4. The fourth-order valence-corrected chi connectivity index (χ4v) is 2.57. The van der Waals surface area contributed by atoms with Gasteiger partial charge in [0.15, 0.2) is 6.61 Å². The number of amides is 5. The van der Waals surface area contributed by atoms with E-state index in [1.807, 2.05) is 6.92 Å². The molecule has 0 saturated carbocycles. The second kappa shape index (κ2) is 8.88. The third-order valence-corrected chi connectivity index (χ3v) is 4.23. The first kappa shape index (κ1) is 20.0. The van der Waals surface area contributed by atoms with Crippen molar-refractivity contribution in [3.63, 3.8) is 0 Å². The van der Waals surface area contributed by atoms with Gasteiger partial charge in [0.1, 0.15) is 18.3 Å². The molecule has 0 fully saturated rings. The molecule has 0 spiro atoms. The van der Waals surface area contributed by atoms with E-state index in [0.29, 0.717) is 17.9 Å². The maximum Gasteiger partial charge on any atom is 0.312 e. The fourth-order valence-electron chi connectivity index (χ4n) is 2.57. The maximum atomic E-state index is 12.2. The van der Waals surface area contributed by atoms with E-state index in [1.165, 1.54) is 4.90 Å². The van der Waals surface area contributed by atoms with E-state index in [2.05, 4.69) is 16.2 Å². The lowest BCUT2D eigenvalue weighted by atomic mass is 9.99. The van der Waals surface area contributed by atoms with E-state index in [1.54, 1.807) is 31.2 Å². The Morgan fingerprint density at radius 2 is 1.96 bits per heavy atom. The molecule has 1 heterocycles. The van der Waals surface area contributed by atoms with Gasteiger partial charge >= 0.3 is 6.03 Å². The standard InChI is InChI=1S/C17H23N5O5/c1-3-10(2)15(19-17(18)26)16(25)21-20-13(23)8-22-11-6-4-5-7-12(11)27-9-14(22)24/h4-7,10,15H,3,8-9H2,1-2H3,(H,20,23)(H,21,25)(H3,18,19,26)/t10-,15-/m0/s1. The highest BCUT2D eigenvalue weighted by Crippen LogP contribution is 2.31. The predicted molar refractivity (Wildman–Crippen MR) is 96.5 cm³/mol. The summed E-state index contributed by atoms with van der Waals surface area (Å²) in [7, 11) is 0. The van der Waals surface area contributed by atoms with Crippen molar-refractivity contribution in [2.24, 2.45) is 11.7 Å². The molecule has 1 aliphatic heterocycles. The van der Waals surface area contributed by atoms with Crippen molar-refractivity contribution in [2.45, 2.75) is 26.3 Å². The van der Waals surface area contributed by atoms with Crippen molar-refractivity contribution in [3.05, 3.63) is 24.3 Å². The second-order valence-corrected chi connectivity index (χ2v) is 6.15. The molecule has 10 heteroatoms. The first-order valence-electron chi connectivity index (χ1n) is 8.50. The van der Waals surface area contributed by atoms with Gasteiger partial charge in [0, 0.05) is 0 Å². The molecule has 1 aromatic rings. The summed E-state index contributed by atoms with van der Waals surface area (Å²) < 4.78 is 5.31. The van der Waals surface area contributed by atoms with Crippen LogP contribution in [0.3, 0.4) is 0 Å². The third kappa shape index (κ3) is 5.09. The number of rotatable bonds is 6. The Hall–Kier alpha value is -3.30. The molecular formula is C17H23N5O5. The average molecular weight is 377 g/mol. The van der Waals surface area contributed by atoms with Crippen LogP contribution in [0.15, 0.2) is 24.3 Å². The summed E-state index contributed by atoms with van der Waals surface area (Å²) in [5, 5.41) is 2.35. The van der Waals surface area contributed by atoms with Crippen LogP contribution in [0.1, 0.15) is 20.3 Å². The number of anilines is 1. The number of fused-ring (bicyclic) bond motifs is 1. The van der Waals surface area contributed by atoms with E-state index in [9.17, 15) is 19.2 Å². The van der Waals surface area contributed by atoms with Crippen LogP contribution in [0, 0.1) is 5.92 Å². The van der Waals surface area contributed by atoms with E-state index in [-0.39, 0.29) is 25.0 Å². The first-order chi connectivity index (χ1) is 12.8. The molecule has 146 valence electrons. The zero-order valence-electron chi connectivity index (χ0n) is 15.2. The summed E-state index contributed by atoms with van der Waals surface area (Å²) in [5.74, 6) is -1.28. The largest absolute Gasteiger partial charge is 0.482 e. The van der Waals surface area contributed by atoms with Crippen molar-refractivity contribution in [2.75, 3.05) is 18.1 Å². The normalized spacial score (nSPS) is 15.0. The van der Waals surface area contributed by atoms with E-state index in [4.69, 9.17) is 10.5 Å². The second-order valence-electron chi connectivity index (χ2n) is 6.15. The van der Waals surface area contributed by atoms with Crippen LogP contribution in [-0.2, 0) is 14.4 Å². The van der Waals surface area contributed by atoms with Crippen molar-refractivity contribution >= 4 is 29.4 Å². The number of hydrazine groups is 1. The van der Waals surface area contributed by atoms with Gasteiger partial charge in [-0.05, 0) is 18.1 Å². The number of carbonyl (C=O) groups is 4. The smallest absolute Gasteiger partial charge is 0.312 e. The Kier molecular flexibility index (Phi) is 6.58. The molecule has 1 aliphatic rings. The number of nitrogens with one attached hydrogen (secondary N) is 3. The number of urea groups is 1. The Labute approximate surface area is 156 Å². The molecule has 0 aliphatic carbocycles. The summed E-state index contributed by atoms with van der Waals surface area (Å²) in [6, 6.07) is 5.11. The first-order valence-corrected chi connectivity index (χ1v) is 8.50. The number of primary amides is 1. The highest BCUT2D eigenvalue weighted by Gasteiger charge is 2.28. The summed E-state index contributed by atoms with van der Waals surface area (Å²) in [4.78, 5) is 48.8. The van der Waals surface area contributed by atoms with Crippen molar-refractivity contribution in [1.29, 1.82) is 0 Å². The van der Waals surface area contributed by atoms with Gasteiger partial charge < -0.3 is 15.8 Å². The molecule has 0 bridgehead atoms. The van der Waals surface area contributed by atoms with Crippen LogP contribution < -0.4 is 31.5 Å². The molecule has 1 aromatic carbocycles. The van der Waals surface area contributed by atoms with Gasteiger partial charge in [-0.15, -0.1) is 0 Å². The maximum absolute atomic E-state index is 12.2. The highest BCUT2D eigenvalue weighted by atomic mass is 16.5. The molecular weight excluding hydrogens is 354 g/mol. The Balaban J connectivity index is 1.96. The molecule has 2 rings (SSSR count). The van der Waals surface area contributed by atoms with Gasteiger partial charge in [0.2, 0.25) is 0 Å². The number of benzene rings is 1. The minimum atomic E-state index is -0.890. The zero-order valence-corrected chi connectivity index (χ0v) is 15.2. The molecule has 5 amide bonds. The number of ether oxygens (including phenoxy) is 1. The minimum absolute atomic E-state index is 0.171. The Bertz CT molecular complexity index is 738. The number of para-hydroxylation sites is 2. The van der Waals surface area contributed by atoms with Crippen molar-refractivity contribution in [3.8, 4) is 5.75 Å². The fraction of sp³-hybridized carbons (Fsp3) is 0.412. The van der Waals surface area contributed by atoms with Crippen LogP contribution in [0.2, 0.25) is 0 Å². The van der Waals surface area contributed by atoms with Crippen molar-refractivity contribution in [1.82, 2.24) is 16.2 Å². The topological polar surface area (TPSA) is 143 Å². The van der Waals surface area contributed by atoms with Crippen LogP contribution in [0.25, 0.3) is 0 Å². The SMILES string of the molecule is CC[C@H](C)[C@H](NC(N)=O)C(=O)NNC(=O)CN1C(=O)COc2ccccc21. The highest BCUT2D eigenvalue weighted by molar-refractivity contribution is 6.02. The lowest BCUT2D eigenvalue weighted by molar-refractivity contribution is -0.130. The summed E-state index contributed by atoms with van der Waals surface area (Å²) in [6.45, 7) is 3.16. The van der Waals surface area contributed by atoms with Crippen molar-refractivity contribution < 1.29 is 23.9 Å². The van der Waals surface area contributed by atoms with Gasteiger partial charge in [-0.2, -0.15) is 0 Å². The quantitative estimate of drug-likeness (QED) is 0.501. The Morgan fingerprint density at radius 1 is 1.26 bits per heavy atom. The average Bonchev–Trinajstić information content (AvgIpc) is 2.65. The molecule has 0 saturated heterocycles. The monoisotopic (exact) mass is 377 g/mol. The lowest BCUT2D eigenvalue weighted by Crippen LogP contribution is -2.57. The molecule has 2 atom stereocenters. The number of nitrogens with two attached hydrogens (primary N) is 1.